The lowest BCUT2D eigenvalue weighted by molar-refractivity contribution is -0.120. The molecule has 1 amide bonds. The Balaban J connectivity index is 1.54. The quantitative estimate of drug-likeness (QED) is 0.906. The molecule has 0 radical (unpaired) electrons. The molecule has 1 fully saturated rings. The second kappa shape index (κ2) is 8.07. The molecule has 1 aliphatic heterocycles. The van der Waals surface area contributed by atoms with E-state index in [0.29, 0.717) is 0 Å². The van der Waals surface area contributed by atoms with Crippen molar-refractivity contribution in [2.24, 2.45) is 5.92 Å². The average Bonchev–Trinajstić information content (AvgIpc) is 2.62. The first-order valence-corrected chi connectivity index (χ1v) is 8.68. The molecule has 6 heteroatoms. The summed E-state index contributed by atoms with van der Waals surface area (Å²) in [6.45, 7) is 2.48. The van der Waals surface area contributed by atoms with Gasteiger partial charge < -0.3 is 15.1 Å². The van der Waals surface area contributed by atoms with Crippen LogP contribution in [0, 0.1) is 5.92 Å². The van der Waals surface area contributed by atoms with E-state index in [-0.39, 0.29) is 11.8 Å². The summed E-state index contributed by atoms with van der Waals surface area (Å²) in [5, 5.41) is 3.07. The number of hydrogen-bond donors (Lipinski definition) is 1. The number of carbonyl (C=O) groups excluding carboxylic acids is 1. The van der Waals surface area contributed by atoms with E-state index >= 15 is 0 Å². The number of rotatable bonds is 5. The molecule has 0 spiro atoms. The van der Waals surface area contributed by atoms with Gasteiger partial charge in [-0.25, -0.2) is 9.97 Å². The predicted octanol–water partition coefficient (Wildman–Crippen LogP) is 2.39. The number of anilines is 2. The van der Waals surface area contributed by atoms with Gasteiger partial charge in [-0.3, -0.25) is 4.79 Å². The van der Waals surface area contributed by atoms with E-state index in [2.05, 4.69) is 31.2 Å². The number of hydrogen-bond acceptors (Lipinski definition) is 5. The van der Waals surface area contributed by atoms with E-state index in [1.807, 2.05) is 38.4 Å². The third kappa shape index (κ3) is 4.76. The monoisotopic (exact) mass is 339 g/mol. The zero-order chi connectivity index (χ0) is 17.6. The minimum absolute atomic E-state index is 0.0393. The van der Waals surface area contributed by atoms with Crippen molar-refractivity contribution in [3.63, 3.8) is 0 Å². The normalized spacial score (nSPS) is 15.4. The first kappa shape index (κ1) is 17.4. The van der Waals surface area contributed by atoms with E-state index < -0.39 is 0 Å². The largest absolute Gasteiger partial charge is 0.341 e. The molecule has 1 aliphatic rings. The van der Waals surface area contributed by atoms with Crippen LogP contribution in [0.1, 0.15) is 18.4 Å². The molecule has 1 aromatic carbocycles. The highest BCUT2D eigenvalue weighted by Crippen LogP contribution is 2.22. The zero-order valence-electron chi connectivity index (χ0n) is 14.9. The van der Waals surface area contributed by atoms with Crippen molar-refractivity contribution in [2.75, 3.05) is 37.4 Å². The molecule has 25 heavy (non-hydrogen) atoms. The number of nitrogens with one attached hydrogen (secondary N) is 1. The highest BCUT2D eigenvalue weighted by atomic mass is 16.1. The van der Waals surface area contributed by atoms with Crippen LogP contribution in [-0.4, -0.2) is 48.0 Å². The fraction of sp³-hybridized carbons (Fsp3) is 0.421. The van der Waals surface area contributed by atoms with Gasteiger partial charge in [0.05, 0.1) is 0 Å². The Labute approximate surface area is 148 Å². The maximum Gasteiger partial charge on any atom is 0.227 e. The molecular formula is C19H25N5O. The van der Waals surface area contributed by atoms with Crippen molar-refractivity contribution >= 4 is 17.5 Å². The van der Waals surface area contributed by atoms with Crippen molar-refractivity contribution in [1.82, 2.24) is 14.9 Å². The Morgan fingerprint density at radius 3 is 2.60 bits per heavy atom. The van der Waals surface area contributed by atoms with E-state index in [9.17, 15) is 4.79 Å². The second-order valence-corrected chi connectivity index (χ2v) is 6.74. The minimum atomic E-state index is 0.0393. The molecule has 0 unspecified atom stereocenters. The Bertz CT molecular complexity index is 696. The standard InChI is InChI=1S/C19H25N5O/c1-23(2)14-15-5-3-6-17(13-15)22-18(25)16-7-11-24(12-8-16)19-20-9-4-10-21-19/h3-6,9-10,13,16H,7-8,11-12,14H2,1-2H3,(H,22,25). The number of carbonyl (C=O) groups is 1. The number of piperidine rings is 1. The topological polar surface area (TPSA) is 61.4 Å². The third-order valence-corrected chi connectivity index (χ3v) is 4.39. The number of nitrogens with zero attached hydrogens (tertiary/aromatic N) is 4. The molecule has 1 aromatic heterocycles. The van der Waals surface area contributed by atoms with Gasteiger partial charge in [0.2, 0.25) is 11.9 Å². The summed E-state index contributed by atoms with van der Waals surface area (Å²) in [7, 11) is 4.07. The Morgan fingerprint density at radius 2 is 1.92 bits per heavy atom. The summed E-state index contributed by atoms with van der Waals surface area (Å²) < 4.78 is 0. The van der Waals surface area contributed by atoms with Gasteiger partial charge in [-0.15, -0.1) is 0 Å². The summed E-state index contributed by atoms with van der Waals surface area (Å²) in [5.41, 5.74) is 2.07. The van der Waals surface area contributed by atoms with Crippen molar-refractivity contribution in [3.8, 4) is 0 Å². The van der Waals surface area contributed by atoms with Crippen LogP contribution in [0.15, 0.2) is 42.7 Å². The van der Waals surface area contributed by atoms with Crippen LogP contribution in [0.5, 0.6) is 0 Å². The maximum absolute atomic E-state index is 12.6. The summed E-state index contributed by atoms with van der Waals surface area (Å²) in [6.07, 6.45) is 5.15. The summed E-state index contributed by atoms with van der Waals surface area (Å²) in [5.74, 6) is 0.894. The van der Waals surface area contributed by atoms with E-state index in [0.717, 1.165) is 44.1 Å². The highest BCUT2D eigenvalue weighted by molar-refractivity contribution is 5.92. The van der Waals surface area contributed by atoms with Gasteiger partial charge in [-0.1, -0.05) is 12.1 Å². The lowest BCUT2D eigenvalue weighted by atomic mass is 9.96. The molecule has 2 aromatic rings. The van der Waals surface area contributed by atoms with Crippen LogP contribution in [0.2, 0.25) is 0 Å². The zero-order valence-corrected chi connectivity index (χ0v) is 14.9. The third-order valence-electron chi connectivity index (χ3n) is 4.39. The van der Waals surface area contributed by atoms with Gasteiger partial charge in [-0.05, 0) is 50.7 Å². The summed E-state index contributed by atoms with van der Waals surface area (Å²) in [4.78, 5) is 25.4. The Hall–Kier alpha value is -2.47. The number of aromatic nitrogens is 2. The van der Waals surface area contributed by atoms with Gasteiger partial charge in [0.1, 0.15) is 0 Å². The SMILES string of the molecule is CN(C)Cc1cccc(NC(=O)C2CCN(c3ncccn3)CC2)c1. The molecule has 0 saturated carbocycles. The molecule has 6 nitrogen and oxygen atoms in total. The molecule has 132 valence electrons. The summed E-state index contributed by atoms with van der Waals surface area (Å²) >= 11 is 0. The van der Waals surface area contributed by atoms with Crippen molar-refractivity contribution in [1.29, 1.82) is 0 Å². The predicted molar refractivity (Wildman–Crippen MR) is 99.4 cm³/mol. The fourth-order valence-corrected chi connectivity index (χ4v) is 3.15. The first-order valence-electron chi connectivity index (χ1n) is 8.68. The lowest BCUT2D eigenvalue weighted by Crippen LogP contribution is -2.39. The average molecular weight is 339 g/mol. The van der Waals surface area contributed by atoms with Gasteiger partial charge in [-0.2, -0.15) is 0 Å². The smallest absolute Gasteiger partial charge is 0.227 e. The fourth-order valence-electron chi connectivity index (χ4n) is 3.15. The summed E-state index contributed by atoms with van der Waals surface area (Å²) in [6, 6.07) is 9.88. The van der Waals surface area contributed by atoms with Gasteiger partial charge >= 0.3 is 0 Å². The van der Waals surface area contributed by atoms with E-state index in [1.54, 1.807) is 12.4 Å². The second-order valence-electron chi connectivity index (χ2n) is 6.74. The Kier molecular flexibility index (Phi) is 5.60. The molecule has 3 rings (SSSR count). The molecule has 0 bridgehead atoms. The molecular weight excluding hydrogens is 314 g/mol. The number of amides is 1. The van der Waals surface area contributed by atoms with Gasteiger partial charge in [0, 0.05) is 43.6 Å². The van der Waals surface area contributed by atoms with Crippen LogP contribution in [0.3, 0.4) is 0 Å². The van der Waals surface area contributed by atoms with Crippen molar-refractivity contribution < 1.29 is 4.79 Å². The number of benzene rings is 1. The minimum Gasteiger partial charge on any atom is -0.341 e. The van der Waals surface area contributed by atoms with Crippen LogP contribution in [-0.2, 0) is 11.3 Å². The van der Waals surface area contributed by atoms with Gasteiger partial charge in [0.25, 0.3) is 0 Å². The van der Waals surface area contributed by atoms with Crippen LogP contribution in [0.25, 0.3) is 0 Å². The first-order chi connectivity index (χ1) is 12.1. The van der Waals surface area contributed by atoms with E-state index in [1.165, 1.54) is 5.56 Å². The van der Waals surface area contributed by atoms with E-state index in [4.69, 9.17) is 0 Å². The molecule has 0 atom stereocenters. The maximum atomic E-state index is 12.6. The van der Waals surface area contributed by atoms with Gasteiger partial charge in [0.15, 0.2) is 0 Å². The van der Waals surface area contributed by atoms with Crippen molar-refractivity contribution in [2.45, 2.75) is 19.4 Å². The highest BCUT2D eigenvalue weighted by Gasteiger charge is 2.26. The molecule has 1 saturated heterocycles. The van der Waals surface area contributed by atoms with Crippen LogP contribution >= 0.6 is 0 Å². The van der Waals surface area contributed by atoms with Crippen molar-refractivity contribution in [3.05, 3.63) is 48.3 Å². The molecule has 0 aliphatic carbocycles. The lowest BCUT2D eigenvalue weighted by Gasteiger charge is -2.31. The molecule has 2 heterocycles. The van der Waals surface area contributed by atoms with Crippen LogP contribution < -0.4 is 10.2 Å². The Morgan fingerprint density at radius 1 is 1.20 bits per heavy atom. The molecule has 1 N–H and O–H groups in total. The van der Waals surface area contributed by atoms with Crippen LogP contribution in [0.4, 0.5) is 11.6 Å².